The van der Waals surface area contributed by atoms with Crippen LogP contribution in [0.3, 0.4) is 0 Å². The number of hydrogen-bond acceptors (Lipinski definition) is 2. The second kappa shape index (κ2) is 4.32. The lowest BCUT2D eigenvalue weighted by Gasteiger charge is -1.83. The van der Waals surface area contributed by atoms with Crippen LogP contribution >= 0.6 is 0 Å². The summed E-state index contributed by atoms with van der Waals surface area (Å²) in [7, 11) is 0. The highest BCUT2D eigenvalue weighted by Crippen LogP contribution is 2.09. The fraction of sp³-hybridized carbons (Fsp3) is 0. The Morgan fingerprint density at radius 1 is 1.00 bits per heavy atom. The highest BCUT2D eigenvalue weighted by Gasteiger charge is 1.86. The maximum absolute atomic E-state index is 9.85. The molecule has 2 N–H and O–H groups in total. The zero-order valence-corrected chi connectivity index (χ0v) is 7.94. The SMILES string of the molecule is O=c1[nH]cco1.c1ccc2[nH]ccc2c1. The smallest absolute Gasteiger partial charge is 0.416 e. The van der Waals surface area contributed by atoms with Crippen molar-refractivity contribution in [2.24, 2.45) is 0 Å². The molecule has 4 nitrogen and oxygen atoms in total. The van der Waals surface area contributed by atoms with Gasteiger partial charge in [0.15, 0.2) is 0 Å². The molecule has 0 aliphatic carbocycles. The molecular formula is C11H10N2O2. The van der Waals surface area contributed by atoms with Crippen molar-refractivity contribution in [1.82, 2.24) is 9.97 Å². The van der Waals surface area contributed by atoms with Gasteiger partial charge in [-0.1, -0.05) is 18.2 Å². The number of oxazole rings is 1. The number of para-hydroxylation sites is 1. The molecule has 2 heterocycles. The quantitative estimate of drug-likeness (QED) is 0.586. The standard InChI is InChI=1S/C8H7N.C3H3NO2/c1-2-4-8-7(3-1)5-6-9-8;5-3-4-1-2-6-3/h1-6,9H;1-2H,(H,4,5). The number of benzene rings is 1. The molecule has 0 saturated heterocycles. The van der Waals surface area contributed by atoms with Gasteiger partial charge in [-0.3, -0.25) is 4.98 Å². The molecule has 0 atom stereocenters. The van der Waals surface area contributed by atoms with Crippen LogP contribution in [0.15, 0.2) is 58.2 Å². The summed E-state index contributed by atoms with van der Waals surface area (Å²) in [6.45, 7) is 0. The average Bonchev–Trinajstić information content (AvgIpc) is 2.88. The molecule has 2 aromatic heterocycles. The summed E-state index contributed by atoms with van der Waals surface area (Å²) in [6, 6.07) is 10.3. The molecule has 76 valence electrons. The maximum Gasteiger partial charge on any atom is 0.416 e. The Hall–Kier alpha value is -2.23. The van der Waals surface area contributed by atoms with Crippen LogP contribution in [-0.4, -0.2) is 9.97 Å². The molecule has 0 amide bonds. The highest BCUT2D eigenvalue weighted by atomic mass is 16.4. The van der Waals surface area contributed by atoms with E-state index in [-0.39, 0.29) is 0 Å². The number of H-pyrrole nitrogens is 2. The Labute approximate surface area is 85.6 Å². The Morgan fingerprint density at radius 3 is 2.47 bits per heavy atom. The molecule has 15 heavy (non-hydrogen) atoms. The van der Waals surface area contributed by atoms with E-state index in [0.717, 1.165) is 0 Å². The van der Waals surface area contributed by atoms with Gasteiger partial charge >= 0.3 is 5.76 Å². The number of aromatic amines is 2. The highest BCUT2D eigenvalue weighted by molar-refractivity contribution is 5.78. The summed E-state index contributed by atoms with van der Waals surface area (Å²) in [5.41, 5.74) is 1.21. The van der Waals surface area contributed by atoms with E-state index in [9.17, 15) is 4.79 Å². The molecule has 0 unspecified atom stereocenters. The van der Waals surface area contributed by atoms with Gasteiger partial charge < -0.3 is 9.40 Å². The van der Waals surface area contributed by atoms with Crippen LogP contribution in [0.4, 0.5) is 0 Å². The molecule has 0 radical (unpaired) electrons. The largest absolute Gasteiger partial charge is 0.417 e. The first-order chi connectivity index (χ1) is 7.36. The fourth-order valence-electron chi connectivity index (χ4n) is 1.23. The van der Waals surface area contributed by atoms with E-state index in [1.807, 2.05) is 18.3 Å². The summed E-state index contributed by atoms with van der Waals surface area (Å²) in [6.07, 6.45) is 4.68. The van der Waals surface area contributed by atoms with Gasteiger partial charge in [0.25, 0.3) is 0 Å². The monoisotopic (exact) mass is 202 g/mol. The number of rotatable bonds is 0. The summed E-state index contributed by atoms with van der Waals surface area (Å²) >= 11 is 0. The molecule has 0 bridgehead atoms. The maximum atomic E-state index is 9.85. The van der Waals surface area contributed by atoms with Crippen molar-refractivity contribution in [3.63, 3.8) is 0 Å². The van der Waals surface area contributed by atoms with Crippen molar-refractivity contribution in [2.75, 3.05) is 0 Å². The van der Waals surface area contributed by atoms with Gasteiger partial charge in [-0.25, -0.2) is 4.79 Å². The van der Waals surface area contributed by atoms with E-state index in [2.05, 4.69) is 32.6 Å². The molecule has 1 aromatic carbocycles. The first kappa shape index (κ1) is 9.33. The van der Waals surface area contributed by atoms with Gasteiger partial charge in [-0.05, 0) is 17.5 Å². The minimum absolute atomic E-state index is 0.407. The zero-order valence-electron chi connectivity index (χ0n) is 7.94. The Kier molecular flexibility index (Phi) is 2.69. The first-order valence-corrected chi connectivity index (χ1v) is 4.50. The van der Waals surface area contributed by atoms with Gasteiger partial charge in [-0.2, -0.15) is 0 Å². The van der Waals surface area contributed by atoms with E-state index in [4.69, 9.17) is 0 Å². The predicted octanol–water partition coefficient (Wildman–Crippen LogP) is 2.14. The molecular weight excluding hydrogens is 192 g/mol. The molecule has 0 saturated carbocycles. The minimum Gasteiger partial charge on any atom is -0.417 e. The van der Waals surface area contributed by atoms with Gasteiger partial charge in [0.05, 0.1) is 0 Å². The third-order valence-electron chi connectivity index (χ3n) is 1.91. The van der Waals surface area contributed by atoms with Crippen molar-refractivity contribution < 1.29 is 4.42 Å². The molecule has 0 spiro atoms. The summed E-state index contributed by atoms with van der Waals surface area (Å²) in [5.74, 6) is -0.407. The van der Waals surface area contributed by atoms with Crippen molar-refractivity contribution >= 4 is 10.9 Å². The van der Waals surface area contributed by atoms with E-state index in [0.29, 0.717) is 0 Å². The van der Waals surface area contributed by atoms with Gasteiger partial charge in [0, 0.05) is 17.9 Å². The van der Waals surface area contributed by atoms with E-state index in [1.54, 1.807) is 0 Å². The van der Waals surface area contributed by atoms with Crippen LogP contribution < -0.4 is 5.76 Å². The van der Waals surface area contributed by atoms with Crippen LogP contribution in [0.25, 0.3) is 10.9 Å². The van der Waals surface area contributed by atoms with Crippen molar-refractivity contribution in [1.29, 1.82) is 0 Å². The van der Waals surface area contributed by atoms with Crippen molar-refractivity contribution in [2.45, 2.75) is 0 Å². The molecule has 4 heteroatoms. The van der Waals surface area contributed by atoms with Crippen LogP contribution in [0.2, 0.25) is 0 Å². The lowest BCUT2D eigenvalue weighted by molar-refractivity contribution is 0.515. The van der Waals surface area contributed by atoms with E-state index in [1.165, 1.54) is 23.4 Å². The number of fused-ring (bicyclic) bond motifs is 1. The summed E-state index contributed by atoms with van der Waals surface area (Å²) < 4.78 is 4.22. The third kappa shape index (κ3) is 2.37. The molecule has 3 rings (SSSR count). The van der Waals surface area contributed by atoms with Gasteiger partial charge in [0.2, 0.25) is 0 Å². The van der Waals surface area contributed by atoms with Crippen molar-refractivity contribution in [3.8, 4) is 0 Å². The molecule has 0 aliphatic heterocycles. The Morgan fingerprint density at radius 2 is 1.87 bits per heavy atom. The normalized spacial score (nSPS) is 9.60. The Bertz CT molecular complexity index is 530. The van der Waals surface area contributed by atoms with Crippen molar-refractivity contribution in [3.05, 3.63) is 59.5 Å². The fourth-order valence-corrected chi connectivity index (χ4v) is 1.23. The molecule has 3 aromatic rings. The average molecular weight is 202 g/mol. The van der Waals surface area contributed by atoms with Crippen LogP contribution in [0, 0.1) is 0 Å². The predicted molar refractivity (Wildman–Crippen MR) is 57.6 cm³/mol. The van der Waals surface area contributed by atoms with E-state index >= 15 is 0 Å². The van der Waals surface area contributed by atoms with Crippen LogP contribution in [0.5, 0.6) is 0 Å². The van der Waals surface area contributed by atoms with E-state index < -0.39 is 5.76 Å². The lowest BCUT2D eigenvalue weighted by Crippen LogP contribution is -1.91. The Balaban J connectivity index is 0.000000124. The summed E-state index contributed by atoms with van der Waals surface area (Å²) in [4.78, 5) is 15.2. The van der Waals surface area contributed by atoms with Crippen LogP contribution in [-0.2, 0) is 0 Å². The first-order valence-electron chi connectivity index (χ1n) is 4.50. The number of nitrogens with one attached hydrogen (secondary N) is 2. The molecule has 0 aliphatic rings. The zero-order chi connectivity index (χ0) is 10.5. The topological polar surface area (TPSA) is 61.8 Å². The number of hydrogen-bond donors (Lipinski definition) is 2. The van der Waals surface area contributed by atoms with Crippen LogP contribution in [0.1, 0.15) is 0 Å². The molecule has 0 fully saturated rings. The minimum atomic E-state index is -0.407. The van der Waals surface area contributed by atoms with Gasteiger partial charge in [-0.15, -0.1) is 0 Å². The number of aromatic nitrogens is 2. The second-order valence-corrected chi connectivity index (χ2v) is 2.92. The third-order valence-corrected chi connectivity index (χ3v) is 1.91. The lowest BCUT2D eigenvalue weighted by atomic mass is 10.3. The van der Waals surface area contributed by atoms with Gasteiger partial charge in [0.1, 0.15) is 6.26 Å². The summed E-state index contributed by atoms with van der Waals surface area (Å²) in [5, 5.41) is 1.28. The second-order valence-electron chi connectivity index (χ2n) is 2.92.